The molecule has 6 heteroatoms. The number of hydrogen-bond acceptors (Lipinski definition) is 4. The molecule has 0 aliphatic heterocycles. The van der Waals surface area contributed by atoms with E-state index in [1.54, 1.807) is 18.2 Å². The Bertz CT molecular complexity index is 610. The van der Waals surface area contributed by atoms with Crippen LogP contribution in [-0.4, -0.2) is 47.7 Å². The van der Waals surface area contributed by atoms with E-state index in [-0.39, 0.29) is 5.91 Å². The molecular weight excluding hydrogens is 322 g/mol. The minimum Gasteiger partial charge on any atom is -0.490 e. The highest BCUT2D eigenvalue weighted by molar-refractivity contribution is 5.95. The number of rotatable bonds is 10. The second-order valence-electron chi connectivity index (χ2n) is 6.69. The van der Waals surface area contributed by atoms with Crippen LogP contribution >= 0.6 is 0 Å². The third-order valence-corrected chi connectivity index (χ3v) is 4.04. The third-order valence-electron chi connectivity index (χ3n) is 4.04. The van der Waals surface area contributed by atoms with Crippen LogP contribution in [-0.2, 0) is 4.79 Å². The highest BCUT2D eigenvalue weighted by Crippen LogP contribution is 2.32. The molecule has 1 saturated carbocycles. The molecule has 0 saturated heterocycles. The lowest BCUT2D eigenvalue weighted by atomic mass is 10.1. The van der Waals surface area contributed by atoms with Gasteiger partial charge in [0.05, 0.1) is 6.61 Å². The second-order valence-corrected chi connectivity index (χ2v) is 6.69. The number of aliphatic carboxylic acids is 1. The Morgan fingerprint density at radius 1 is 1.24 bits per heavy atom. The van der Waals surface area contributed by atoms with E-state index in [0.29, 0.717) is 35.6 Å². The predicted molar refractivity (Wildman–Crippen MR) is 94.3 cm³/mol. The molecule has 2 rings (SSSR count). The van der Waals surface area contributed by atoms with Crippen molar-refractivity contribution in [3.05, 3.63) is 23.8 Å². The van der Waals surface area contributed by atoms with Gasteiger partial charge in [0.25, 0.3) is 5.91 Å². The second kappa shape index (κ2) is 8.74. The van der Waals surface area contributed by atoms with E-state index < -0.39 is 12.6 Å². The topological polar surface area (TPSA) is 76.1 Å². The maximum absolute atomic E-state index is 12.9. The van der Waals surface area contributed by atoms with E-state index in [1.165, 1.54) is 0 Å². The average molecular weight is 349 g/mol. The van der Waals surface area contributed by atoms with Crippen LogP contribution < -0.4 is 9.47 Å². The maximum Gasteiger partial charge on any atom is 0.341 e. The fourth-order valence-corrected chi connectivity index (χ4v) is 2.57. The Labute approximate surface area is 148 Å². The number of benzene rings is 1. The van der Waals surface area contributed by atoms with Crippen molar-refractivity contribution in [1.29, 1.82) is 0 Å². The first-order chi connectivity index (χ1) is 11.9. The van der Waals surface area contributed by atoms with E-state index in [9.17, 15) is 9.59 Å². The van der Waals surface area contributed by atoms with Crippen molar-refractivity contribution < 1.29 is 24.2 Å². The van der Waals surface area contributed by atoms with Crippen LogP contribution in [0.1, 0.15) is 50.4 Å². The van der Waals surface area contributed by atoms with E-state index in [0.717, 1.165) is 25.8 Å². The number of amides is 1. The van der Waals surface area contributed by atoms with Gasteiger partial charge in [-0.15, -0.1) is 0 Å². The Morgan fingerprint density at radius 3 is 2.52 bits per heavy atom. The molecule has 0 aromatic heterocycles. The van der Waals surface area contributed by atoms with Gasteiger partial charge in [0.1, 0.15) is 0 Å². The average Bonchev–Trinajstić information content (AvgIpc) is 3.38. The zero-order valence-corrected chi connectivity index (χ0v) is 15.2. The Balaban J connectivity index is 2.17. The van der Waals surface area contributed by atoms with Gasteiger partial charge in [-0.1, -0.05) is 13.8 Å². The smallest absolute Gasteiger partial charge is 0.341 e. The van der Waals surface area contributed by atoms with Crippen molar-refractivity contribution in [3.63, 3.8) is 0 Å². The Kier molecular flexibility index (Phi) is 6.67. The molecule has 6 nitrogen and oxygen atoms in total. The molecule has 1 aromatic rings. The van der Waals surface area contributed by atoms with Gasteiger partial charge < -0.3 is 19.5 Å². The van der Waals surface area contributed by atoms with Crippen LogP contribution in [0.3, 0.4) is 0 Å². The minimum absolute atomic E-state index is 0.00566. The number of hydrogen-bond donors (Lipinski definition) is 1. The quantitative estimate of drug-likeness (QED) is 0.702. The molecule has 1 N–H and O–H groups in total. The number of carboxylic acid groups (broad SMARTS) is 1. The minimum atomic E-state index is -1.06. The van der Waals surface area contributed by atoms with Gasteiger partial charge in [-0.3, -0.25) is 4.79 Å². The normalized spacial score (nSPS) is 13.6. The van der Waals surface area contributed by atoms with Crippen LogP contribution in [0.4, 0.5) is 0 Å². The van der Waals surface area contributed by atoms with Crippen molar-refractivity contribution in [2.45, 2.75) is 46.1 Å². The van der Waals surface area contributed by atoms with Gasteiger partial charge in [-0.2, -0.15) is 0 Å². The van der Waals surface area contributed by atoms with Gasteiger partial charge in [-0.05, 0) is 50.3 Å². The molecule has 1 aromatic carbocycles. The lowest BCUT2D eigenvalue weighted by Crippen LogP contribution is -2.34. The number of carbonyl (C=O) groups is 2. The van der Waals surface area contributed by atoms with Crippen LogP contribution in [0.25, 0.3) is 0 Å². The lowest BCUT2D eigenvalue weighted by Gasteiger charge is -2.24. The number of ether oxygens (including phenoxy) is 2. The molecule has 25 heavy (non-hydrogen) atoms. The summed E-state index contributed by atoms with van der Waals surface area (Å²) < 4.78 is 10.8. The molecule has 1 amide bonds. The monoisotopic (exact) mass is 349 g/mol. The zero-order chi connectivity index (χ0) is 18.4. The molecule has 0 heterocycles. The third kappa shape index (κ3) is 5.66. The van der Waals surface area contributed by atoms with Gasteiger partial charge in [0.15, 0.2) is 18.1 Å². The first-order valence-corrected chi connectivity index (χ1v) is 8.84. The highest BCUT2D eigenvalue weighted by Gasteiger charge is 2.33. The molecule has 0 spiro atoms. The van der Waals surface area contributed by atoms with Gasteiger partial charge in [0, 0.05) is 18.2 Å². The summed E-state index contributed by atoms with van der Waals surface area (Å²) in [7, 11) is 0. The molecular formula is C19H27NO5. The summed E-state index contributed by atoms with van der Waals surface area (Å²) >= 11 is 0. The van der Waals surface area contributed by atoms with Crippen molar-refractivity contribution >= 4 is 11.9 Å². The molecule has 1 fully saturated rings. The number of carboxylic acids is 1. The molecule has 1 aliphatic rings. The zero-order valence-electron chi connectivity index (χ0n) is 15.2. The molecule has 0 bridgehead atoms. The maximum atomic E-state index is 12.9. The Hall–Kier alpha value is -2.24. The SMILES string of the molecule is CCOc1cc(C(=O)N(CCC(C)C)C2CC2)ccc1OCC(=O)O. The fourth-order valence-electron chi connectivity index (χ4n) is 2.57. The first-order valence-electron chi connectivity index (χ1n) is 8.84. The molecule has 0 unspecified atom stereocenters. The highest BCUT2D eigenvalue weighted by atomic mass is 16.5. The van der Waals surface area contributed by atoms with Crippen LogP contribution in [0.2, 0.25) is 0 Å². The largest absolute Gasteiger partial charge is 0.490 e. The summed E-state index contributed by atoms with van der Waals surface area (Å²) in [4.78, 5) is 25.5. The van der Waals surface area contributed by atoms with Crippen molar-refractivity contribution in [2.24, 2.45) is 5.92 Å². The fraction of sp³-hybridized carbons (Fsp3) is 0.579. The molecule has 1 aliphatic carbocycles. The summed E-state index contributed by atoms with van der Waals surface area (Å²) in [6, 6.07) is 5.26. The van der Waals surface area contributed by atoms with Crippen LogP contribution in [0.15, 0.2) is 18.2 Å². The molecule has 0 radical (unpaired) electrons. The van der Waals surface area contributed by atoms with Crippen molar-refractivity contribution in [3.8, 4) is 11.5 Å². The molecule has 0 atom stereocenters. The number of carbonyl (C=O) groups excluding carboxylic acids is 1. The predicted octanol–water partition coefficient (Wildman–Crippen LogP) is 3.20. The van der Waals surface area contributed by atoms with Crippen LogP contribution in [0, 0.1) is 5.92 Å². The Morgan fingerprint density at radius 2 is 1.96 bits per heavy atom. The van der Waals surface area contributed by atoms with Crippen molar-refractivity contribution in [1.82, 2.24) is 4.90 Å². The summed E-state index contributed by atoms with van der Waals surface area (Å²) in [5, 5.41) is 8.76. The van der Waals surface area contributed by atoms with Gasteiger partial charge in [-0.25, -0.2) is 4.79 Å². The summed E-state index contributed by atoms with van der Waals surface area (Å²) in [5.41, 5.74) is 0.543. The summed E-state index contributed by atoms with van der Waals surface area (Å²) in [5.74, 6) is 0.208. The van der Waals surface area contributed by atoms with Crippen molar-refractivity contribution in [2.75, 3.05) is 19.8 Å². The lowest BCUT2D eigenvalue weighted by molar-refractivity contribution is -0.139. The number of nitrogens with zero attached hydrogens (tertiary/aromatic N) is 1. The first kappa shape index (κ1) is 19.1. The summed E-state index contributed by atoms with van der Waals surface area (Å²) in [6.45, 7) is 6.84. The van der Waals surface area contributed by atoms with Gasteiger partial charge in [0.2, 0.25) is 0 Å². The summed E-state index contributed by atoms with van der Waals surface area (Å²) in [6.07, 6.45) is 3.09. The van der Waals surface area contributed by atoms with E-state index in [2.05, 4.69) is 13.8 Å². The van der Waals surface area contributed by atoms with E-state index >= 15 is 0 Å². The van der Waals surface area contributed by atoms with Crippen LogP contribution in [0.5, 0.6) is 11.5 Å². The van der Waals surface area contributed by atoms with Gasteiger partial charge >= 0.3 is 5.97 Å². The molecule has 138 valence electrons. The standard InChI is InChI=1S/C19H27NO5/c1-4-24-17-11-14(5-8-16(17)25-12-18(21)22)19(23)20(15-6-7-15)10-9-13(2)3/h5,8,11,13,15H,4,6-7,9-10,12H2,1-3H3,(H,21,22). The van der Waals surface area contributed by atoms with E-state index in [4.69, 9.17) is 14.6 Å². The van der Waals surface area contributed by atoms with E-state index in [1.807, 2.05) is 11.8 Å².